The molecule has 1 aliphatic rings. The molecule has 0 aromatic carbocycles. The zero-order valence-corrected chi connectivity index (χ0v) is 11.0. The number of hydrogen-bond acceptors (Lipinski definition) is 2. The zero-order chi connectivity index (χ0) is 12.0. The van der Waals surface area contributed by atoms with Gasteiger partial charge in [-0.2, -0.15) is 0 Å². The van der Waals surface area contributed by atoms with Crippen LogP contribution in [0.15, 0.2) is 0 Å². The lowest BCUT2D eigenvalue weighted by Crippen LogP contribution is -2.47. The van der Waals surface area contributed by atoms with Gasteiger partial charge < -0.3 is 9.80 Å². The summed E-state index contributed by atoms with van der Waals surface area (Å²) in [5.41, 5.74) is 0. The molecule has 0 spiro atoms. The van der Waals surface area contributed by atoms with Gasteiger partial charge in [0.2, 0.25) is 5.91 Å². The predicted molar refractivity (Wildman–Crippen MR) is 67.4 cm³/mol. The lowest BCUT2D eigenvalue weighted by molar-refractivity contribution is -0.133. The Morgan fingerprint density at radius 2 is 1.81 bits per heavy atom. The lowest BCUT2D eigenvalue weighted by atomic mass is 9.96. The first-order valence-corrected chi connectivity index (χ1v) is 6.63. The molecule has 0 bridgehead atoms. The predicted octanol–water partition coefficient (Wildman–Crippen LogP) is 1.98. The summed E-state index contributed by atoms with van der Waals surface area (Å²) in [6.45, 7) is 8.27. The van der Waals surface area contributed by atoms with Gasteiger partial charge in [-0.15, -0.1) is 0 Å². The van der Waals surface area contributed by atoms with Crippen LogP contribution in [0.1, 0.15) is 39.5 Å². The molecule has 0 N–H and O–H groups in total. The molecule has 0 aromatic rings. The first-order chi connectivity index (χ1) is 7.67. The summed E-state index contributed by atoms with van der Waals surface area (Å²) in [5.74, 6) is 0.963. The third-order valence-electron chi connectivity index (χ3n) is 3.59. The summed E-state index contributed by atoms with van der Waals surface area (Å²) in [5, 5.41) is 0. The van der Waals surface area contributed by atoms with E-state index < -0.39 is 0 Å². The third-order valence-corrected chi connectivity index (χ3v) is 3.59. The molecular weight excluding hydrogens is 200 g/mol. The van der Waals surface area contributed by atoms with E-state index in [0.29, 0.717) is 11.8 Å². The summed E-state index contributed by atoms with van der Waals surface area (Å²) in [4.78, 5) is 16.4. The van der Waals surface area contributed by atoms with Crippen LogP contribution in [0.3, 0.4) is 0 Å². The largest absolute Gasteiger partial charge is 0.340 e. The lowest BCUT2D eigenvalue weighted by Gasteiger charge is -2.33. The number of hydrogen-bond donors (Lipinski definition) is 0. The summed E-state index contributed by atoms with van der Waals surface area (Å²) >= 11 is 0. The summed E-state index contributed by atoms with van der Waals surface area (Å²) in [7, 11) is 2.12. The van der Waals surface area contributed by atoms with Crippen LogP contribution in [0.5, 0.6) is 0 Å². The van der Waals surface area contributed by atoms with Crippen LogP contribution < -0.4 is 0 Å². The van der Waals surface area contributed by atoms with E-state index >= 15 is 0 Å². The smallest absolute Gasteiger partial charge is 0.222 e. The summed E-state index contributed by atoms with van der Waals surface area (Å²) < 4.78 is 0. The van der Waals surface area contributed by atoms with Crippen molar-refractivity contribution in [1.29, 1.82) is 0 Å². The molecule has 0 aromatic heterocycles. The van der Waals surface area contributed by atoms with Crippen LogP contribution in [0, 0.1) is 5.92 Å². The average molecular weight is 226 g/mol. The van der Waals surface area contributed by atoms with Gasteiger partial charge in [0, 0.05) is 32.6 Å². The monoisotopic (exact) mass is 226 g/mol. The van der Waals surface area contributed by atoms with Crippen molar-refractivity contribution in [2.75, 3.05) is 33.2 Å². The summed E-state index contributed by atoms with van der Waals surface area (Å²) in [6, 6.07) is 0. The molecule has 94 valence electrons. The van der Waals surface area contributed by atoms with Crippen LogP contribution in [0.25, 0.3) is 0 Å². The topological polar surface area (TPSA) is 23.6 Å². The molecule has 1 rings (SSSR count). The van der Waals surface area contributed by atoms with Gasteiger partial charge >= 0.3 is 0 Å². The molecule has 1 aliphatic heterocycles. The number of carbonyl (C=O) groups excluding carboxylic acids is 1. The van der Waals surface area contributed by atoms with E-state index in [0.717, 1.165) is 39.0 Å². The molecule has 0 radical (unpaired) electrons. The molecule has 3 heteroatoms. The quantitative estimate of drug-likeness (QED) is 0.715. The van der Waals surface area contributed by atoms with E-state index in [4.69, 9.17) is 0 Å². The van der Waals surface area contributed by atoms with Crippen molar-refractivity contribution < 1.29 is 4.79 Å². The van der Waals surface area contributed by atoms with Gasteiger partial charge in [-0.05, 0) is 13.0 Å². The highest BCUT2D eigenvalue weighted by Gasteiger charge is 2.21. The highest BCUT2D eigenvalue weighted by Crippen LogP contribution is 2.17. The van der Waals surface area contributed by atoms with E-state index in [9.17, 15) is 4.79 Å². The second kappa shape index (κ2) is 6.89. The van der Waals surface area contributed by atoms with Crippen molar-refractivity contribution in [3.05, 3.63) is 0 Å². The third kappa shape index (κ3) is 4.12. The van der Waals surface area contributed by atoms with Crippen LogP contribution in [-0.2, 0) is 4.79 Å². The maximum absolute atomic E-state index is 12.1. The Kier molecular flexibility index (Phi) is 5.81. The fourth-order valence-corrected chi connectivity index (χ4v) is 2.29. The fraction of sp³-hybridized carbons (Fsp3) is 0.923. The minimum atomic E-state index is 0.369. The van der Waals surface area contributed by atoms with Crippen molar-refractivity contribution in [2.45, 2.75) is 39.5 Å². The van der Waals surface area contributed by atoms with Crippen molar-refractivity contribution in [2.24, 2.45) is 5.92 Å². The highest BCUT2D eigenvalue weighted by atomic mass is 16.2. The Labute approximate surface area is 99.8 Å². The number of piperazine rings is 1. The van der Waals surface area contributed by atoms with E-state index in [-0.39, 0.29) is 0 Å². The molecule has 1 saturated heterocycles. The maximum atomic E-state index is 12.1. The number of nitrogens with zero attached hydrogens (tertiary/aromatic N) is 2. The molecule has 1 amide bonds. The Balaban J connectivity index is 2.33. The van der Waals surface area contributed by atoms with Crippen LogP contribution in [-0.4, -0.2) is 48.9 Å². The second-order valence-corrected chi connectivity index (χ2v) is 4.95. The average Bonchev–Trinajstić information content (AvgIpc) is 2.29. The fourth-order valence-electron chi connectivity index (χ4n) is 2.29. The molecule has 0 saturated carbocycles. The van der Waals surface area contributed by atoms with Gasteiger partial charge in [0.15, 0.2) is 0 Å². The van der Waals surface area contributed by atoms with Gasteiger partial charge in [-0.3, -0.25) is 4.79 Å². The molecule has 1 atom stereocenters. The normalized spacial score (nSPS) is 19.8. The van der Waals surface area contributed by atoms with Crippen molar-refractivity contribution in [1.82, 2.24) is 9.80 Å². The Morgan fingerprint density at radius 1 is 1.19 bits per heavy atom. The minimum absolute atomic E-state index is 0.369. The number of amides is 1. The minimum Gasteiger partial charge on any atom is -0.340 e. The number of likely N-dealkylation sites (N-methyl/N-ethyl adjacent to an activating group) is 1. The SMILES string of the molecule is CCCC(CC)CC(=O)N1CCN(C)CC1. The van der Waals surface area contributed by atoms with Gasteiger partial charge in [0.05, 0.1) is 0 Å². The van der Waals surface area contributed by atoms with Crippen molar-refractivity contribution in [3.8, 4) is 0 Å². The van der Waals surface area contributed by atoms with Gasteiger partial charge in [0.25, 0.3) is 0 Å². The molecular formula is C13H26N2O. The molecule has 16 heavy (non-hydrogen) atoms. The standard InChI is InChI=1S/C13H26N2O/c1-4-6-12(5-2)11-13(16)15-9-7-14(3)8-10-15/h12H,4-11H2,1-3H3. The Hall–Kier alpha value is -0.570. The van der Waals surface area contributed by atoms with E-state index in [2.05, 4.69) is 25.8 Å². The van der Waals surface area contributed by atoms with Crippen LogP contribution in [0.4, 0.5) is 0 Å². The number of rotatable bonds is 5. The van der Waals surface area contributed by atoms with Crippen LogP contribution in [0.2, 0.25) is 0 Å². The van der Waals surface area contributed by atoms with E-state index in [1.165, 1.54) is 12.8 Å². The highest BCUT2D eigenvalue weighted by molar-refractivity contribution is 5.76. The van der Waals surface area contributed by atoms with Crippen LogP contribution >= 0.6 is 0 Å². The van der Waals surface area contributed by atoms with Gasteiger partial charge in [0.1, 0.15) is 0 Å². The Morgan fingerprint density at radius 3 is 2.31 bits per heavy atom. The first kappa shape index (κ1) is 13.5. The summed E-state index contributed by atoms with van der Waals surface area (Å²) in [6.07, 6.45) is 4.27. The van der Waals surface area contributed by atoms with Gasteiger partial charge in [-0.1, -0.05) is 33.1 Å². The first-order valence-electron chi connectivity index (χ1n) is 6.63. The molecule has 0 aliphatic carbocycles. The van der Waals surface area contributed by atoms with Crippen molar-refractivity contribution >= 4 is 5.91 Å². The van der Waals surface area contributed by atoms with E-state index in [1.807, 2.05) is 4.90 Å². The number of carbonyl (C=O) groups is 1. The molecule has 1 unspecified atom stereocenters. The molecule has 3 nitrogen and oxygen atoms in total. The zero-order valence-electron chi connectivity index (χ0n) is 11.0. The maximum Gasteiger partial charge on any atom is 0.222 e. The Bertz CT molecular complexity index is 210. The van der Waals surface area contributed by atoms with Gasteiger partial charge in [-0.25, -0.2) is 0 Å². The molecule has 1 heterocycles. The second-order valence-electron chi connectivity index (χ2n) is 4.95. The van der Waals surface area contributed by atoms with Crippen molar-refractivity contribution in [3.63, 3.8) is 0 Å². The van der Waals surface area contributed by atoms with E-state index in [1.54, 1.807) is 0 Å². The molecule has 1 fully saturated rings.